The molecular formula is C15H19N3O6S. The number of hydrogen-bond donors (Lipinski definition) is 2. The van der Waals surface area contributed by atoms with E-state index in [0.29, 0.717) is 13.1 Å². The molecule has 0 radical (unpaired) electrons. The van der Waals surface area contributed by atoms with E-state index in [0.717, 1.165) is 12.8 Å². The van der Waals surface area contributed by atoms with Crippen molar-refractivity contribution in [3.05, 3.63) is 29.8 Å². The zero-order valence-corrected chi connectivity index (χ0v) is 14.5. The fourth-order valence-corrected chi connectivity index (χ4v) is 3.86. The summed E-state index contributed by atoms with van der Waals surface area (Å²) in [7, 11) is -2.32. The number of rotatable bonds is 5. The molecule has 0 aromatic heterocycles. The number of imide groups is 1. The monoisotopic (exact) mass is 369 g/mol. The minimum atomic E-state index is -3.65. The van der Waals surface area contributed by atoms with Crippen LogP contribution in [0.15, 0.2) is 29.2 Å². The van der Waals surface area contributed by atoms with Crippen LogP contribution in [-0.4, -0.2) is 57.4 Å². The molecule has 10 heteroatoms. The van der Waals surface area contributed by atoms with E-state index in [9.17, 15) is 22.8 Å². The summed E-state index contributed by atoms with van der Waals surface area (Å²) >= 11 is 0. The first-order chi connectivity index (χ1) is 11.8. The lowest BCUT2D eigenvalue weighted by molar-refractivity contribution is -0.123. The Morgan fingerprint density at radius 2 is 1.88 bits per heavy atom. The summed E-state index contributed by atoms with van der Waals surface area (Å²) in [5.74, 6) is -1.65. The van der Waals surface area contributed by atoms with Crippen molar-refractivity contribution in [2.45, 2.75) is 17.7 Å². The molecule has 9 nitrogen and oxygen atoms in total. The predicted molar refractivity (Wildman–Crippen MR) is 87.3 cm³/mol. The van der Waals surface area contributed by atoms with E-state index in [1.54, 1.807) is 0 Å². The van der Waals surface area contributed by atoms with Gasteiger partial charge in [0.1, 0.15) is 0 Å². The highest BCUT2D eigenvalue weighted by atomic mass is 32.2. The van der Waals surface area contributed by atoms with Crippen LogP contribution in [-0.2, 0) is 19.6 Å². The molecule has 0 atom stereocenters. The third-order valence-corrected chi connectivity index (χ3v) is 5.48. The topological polar surface area (TPSA) is 122 Å². The molecule has 2 N–H and O–H groups in total. The largest absolute Gasteiger partial charge is 0.452 e. The lowest BCUT2D eigenvalue weighted by atomic mass is 10.2. The van der Waals surface area contributed by atoms with Crippen LogP contribution in [0, 0.1) is 0 Å². The first-order valence-corrected chi connectivity index (χ1v) is 9.07. The fourth-order valence-electron chi connectivity index (χ4n) is 2.30. The molecule has 1 aromatic carbocycles. The van der Waals surface area contributed by atoms with Gasteiger partial charge in [-0.1, -0.05) is 6.07 Å². The minimum absolute atomic E-state index is 0.00124. The summed E-state index contributed by atoms with van der Waals surface area (Å²) in [5, 5.41) is 4.12. The molecule has 0 aliphatic carbocycles. The maximum atomic E-state index is 12.5. The van der Waals surface area contributed by atoms with Gasteiger partial charge in [-0.2, -0.15) is 4.31 Å². The summed E-state index contributed by atoms with van der Waals surface area (Å²) in [6, 6.07) is 4.72. The van der Waals surface area contributed by atoms with Gasteiger partial charge in [0.05, 0.1) is 10.5 Å². The van der Waals surface area contributed by atoms with Crippen LogP contribution in [0.1, 0.15) is 23.2 Å². The van der Waals surface area contributed by atoms with Crippen LogP contribution in [0.4, 0.5) is 4.79 Å². The normalized spacial score (nSPS) is 14.8. The van der Waals surface area contributed by atoms with E-state index < -0.39 is 34.5 Å². The molecule has 0 spiro atoms. The Kier molecular flexibility index (Phi) is 6.10. The second-order valence-electron chi connectivity index (χ2n) is 5.34. The zero-order chi connectivity index (χ0) is 18.4. The lowest BCUT2D eigenvalue weighted by Crippen LogP contribution is -2.39. The molecule has 0 saturated carbocycles. The van der Waals surface area contributed by atoms with Crippen LogP contribution in [0.5, 0.6) is 0 Å². The minimum Gasteiger partial charge on any atom is -0.452 e. The number of urea groups is 1. The number of amides is 3. The number of carbonyl (C=O) groups is 3. The molecule has 2 rings (SSSR count). The number of hydrogen-bond acceptors (Lipinski definition) is 6. The molecule has 1 heterocycles. The molecule has 136 valence electrons. The molecule has 1 aliphatic rings. The van der Waals surface area contributed by atoms with Crippen molar-refractivity contribution in [1.29, 1.82) is 0 Å². The number of sulfonamides is 1. The van der Waals surface area contributed by atoms with Gasteiger partial charge in [-0.3, -0.25) is 10.1 Å². The SMILES string of the molecule is CNC(=O)NC(=O)COC(=O)c1cccc(S(=O)(=O)N2CCCC2)c1. The van der Waals surface area contributed by atoms with Crippen LogP contribution in [0.2, 0.25) is 0 Å². The standard InChI is InChI=1S/C15H19N3O6S/c1-16-15(21)17-13(19)10-24-14(20)11-5-4-6-12(9-11)25(22,23)18-7-2-3-8-18/h4-6,9H,2-3,7-8,10H2,1H3,(H2,16,17,19,21). The molecule has 0 bridgehead atoms. The second kappa shape index (κ2) is 8.08. The van der Waals surface area contributed by atoms with Gasteiger partial charge in [0.25, 0.3) is 5.91 Å². The van der Waals surface area contributed by atoms with Crippen LogP contribution < -0.4 is 10.6 Å². The van der Waals surface area contributed by atoms with Gasteiger partial charge in [0, 0.05) is 20.1 Å². The average Bonchev–Trinajstić information content (AvgIpc) is 3.15. The van der Waals surface area contributed by atoms with Crippen LogP contribution in [0.25, 0.3) is 0 Å². The number of benzene rings is 1. The van der Waals surface area contributed by atoms with E-state index >= 15 is 0 Å². The van der Waals surface area contributed by atoms with Crippen LogP contribution >= 0.6 is 0 Å². The van der Waals surface area contributed by atoms with Crippen molar-refractivity contribution < 1.29 is 27.5 Å². The Balaban J connectivity index is 2.04. The summed E-state index contributed by atoms with van der Waals surface area (Å²) < 4.78 is 31.1. The molecule has 1 saturated heterocycles. The molecule has 25 heavy (non-hydrogen) atoms. The van der Waals surface area contributed by atoms with Crippen molar-refractivity contribution in [2.24, 2.45) is 0 Å². The Bertz CT molecular complexity index is 771. The Labute approximate surface area is 145 Å². The molecule has 1 aliphatic heterocycles. The molecular weight excluding hydrogens is 350 g/mol. The second-order valence-corrected chi connectivity index (χ2v) is 7.28. The summed E-state index contributed by atoms with van der Waals surface area (Å²) in [6.07, 6.45) is 1.61. The van der Waals surface area contributed by atoms with Crippen molar-refractivity contribution in [3.63, 3.8) is 0 Å². The first-order valence-electron chi connectivity index (χ1n) is 7.63. The third kappa shape index (κ3) is 4.77. The first kappa shape index (κ1) is 18.9. The number of carbonyl (C=O) groups excluding carboxylic acids is 3. The van der Waals surface area contributed by atoms with Crippen LogP contribution in [0.3, 0.4) is 0 Å². The molecule has 1 aromatic rings. The van der Waals surface area contributed by atoms with E-state index in [1.165, 1.54) is 35.6 Å². The highest BCUT2D eigenvalue weighted by Crippen LogP contribution is 2.21. The van der Waals surface area contributed by atoms with Crippen molar-refractivity contribution >= 4 is 27.9 Å². The van der Waals surface area contributed by atoms with E-state index in [-0.39, 0.29) is 10.5 Å². The molecule has 1 fully saturated rings. The van der Waals surface area contributed by atoms with Gasteiger partial charge in [0.15, 0.2) is 6.61 Å². The maximum Gasteiger partial charge on any atom is 0.338 e. The quantitative estimate of drug-likeness (QED) is 0.709. The van der Waals surface area contributed by atoms with Gasteiger partial charge >= 0.3 is 12.0 Å². The highest BCUT2D eigenvalue weighted by molar-refractivity contribution is 7.89. The van der Waals surface area contributed by atoms with Crippen molar-refractivity contribution in [2.75, 3.05) is 26.7 Å². The van der Waals surface area contributed by atoms with Gasteiger partial charge in [-0.15, -0.1) is 0 Å². The number of nitrogens with zero attached hydrogens (tertiary/aromatic N) is 1. The summed E-state index contributed by atoms with van der Waals surface area (Å²) in [6.45, 7) is 0.253. The van der Waals surface area contributed by atoms with Gasteiger partial charge < -0.3 is 10.1 Å². The number of ether oxygens (including phenoxy) is 1. The van der Waals surface area contributed by atoms with E-state index in [2.05, 4.69) is 5.32 Å². The fraction of sp³-hybridized carbons (Fsp3) is 0.400. The Morgan fingerprint density at radius 3 is 2.52 bits per heavy atom. The zero-order valence-electron chi connectivity index (χ0n) is 13.6. The summed E-state index contributed by atoms with van der Waals surface area (Å²) in [5.41, 5.74) is 0.00742. The van der Waals surface area contributed by atoms with Gasteiger partial charge in [-0.25, -0.2) is 18.0 Å². The van der Waals surface area contributed by atoms with Gasteiger partial charge in [0.2, 0.25) is 10.0 Å². The summed E-state index contributed by atoms with van der Waals surface area (Å²) in [4.78, 5) is 34.4. The van der Waals surface area contributed by atoms with Crippen molar-refractivity contribution in [3.8, 4) is 0 Å². The van der Waals surface area contributed by atoms with Crippen molar-refractivity contribution in [1.82, 2.24) is 14.9 Å². The Morgan fingerprint density at radius 1 is 1.20 bits per heavy atom. The average molecular weight is 369 g/mol. The maximum absolute atomic E-state index is 12.5. The van der Waals surface area contributed by atoms with E-state index in [4.69, 9.17) is 4.74 Å². The van der Waals surface area contributed by atoms with Gasteiger partial charge in [-0.05, 0) is 31.0 Å². The predicted octanol–water partition coefficient (Wildman–Crippen LogP) is 0.0835. The molecule has 3 amide bonds. The highest BCUT2D eigenvalue weighted by Gasteiger charge is 2.27. The lowest BCUT2D eigenvalue weighted by Gasteiger charge is -2.15. The smallest absolute Gasteiger partial charge is 0.338 e. The number of nitrogens with one attached hydrogen (secondary N) is 2. The molecule has 0 unspecified atom stereocenters. The third-order valence-electron chi connectivity index (χ3n) is 3.59. The number of esters is 1. The Hall–Kier alpha value is -2.46. The van der Waals surface area contributed by atoms with E-state index in [1.807, 2.05) is 5.32 Å².